The maximum atomic E-state index is 10.4. The largest absolute Gasteiger partial charge is 0.439 e. The molecule has 5 nitrogen and oxygen atoms in total. The van der Waals surface area contributed by atoms with Gasteiger partial charge in [-0.25, -0.2) is 4.98 Å². The van der Waals surface area contributed by atoms with Gasteiger partial charge < -0.3 is 4.74 Å². The molecule has 1 heterocycles. The summed E-state index contributed by atoms with van der Waals surface area (Å²) in [6.45, 7) is 0. The molecule has 0 aliphatic heterocycles. The van der Waals surface area contributed by atoms with Crippen molar-refractivity contribution >= 4 is 28.3 Å². The molecule has 0 fully saturated rings. The first-order chi connectivity index (χ1) is 8.15. The Labute approximate surface area is 111 Å². The summed E-state index contributed by atoms with van der Waals surface area (Å²) in [6.07, 6.45) is 1.17. The van der Waals surface area contributed by atoms with E-state index in [4.69, 9.17) is 4.74 Å². The van der Waals surface area contributed by atoms with Crippen molar-refractivity contribution in [2.45, 2.75) is 0 Å². The predicted molar refractivity (Wildman–Crippen MR) is 70.1 cm³/mol. The van der Waals surface area contributed by atoms with E-state index in [-0.39, 0.29) is 5.69 Å². The van der Waals surface area contributed by atoms with Crippen LogP contribution in [0.25, 0.3) is 0 Å². The lowest BCUT2D eigenvalue weighted by Crippen LogP contribution is -1.91. The van der Waals surface area contributed by atoms with E-state index >= 15 is 0 Å². The SMILES string of the molecule is O=[N+]([O-])c1ccc(Oc2cccc(I)c2)nc1. The lowest BCUT2D eigenvalue weighted by atomic mass is 10.3. The van der Waals surface area contributed by atoms with Crippen molar-refractivity contribution in [1.29, 1.82) is 0 Å². The zero-order valence-corrected chi connectivity index (χ0v) is 10.7. The minimum atomic E-state index is -0.498. The van der Waals surface area contributed by atoms with E-state index in [0.717, 1.165) is 3.57 Å². The molecule has 0 atom stereocenters. The molecule has 2 aromatic rings. The first kappa shape index (κ1) is 11.8. The van der Waals surface area contributed by atoms with Gasteiger partial charge in [0.1, 0.15) is 11.9 Å². The molecule has 6 heteroatoms. The molecule has 2 rings (SSSR count). The van der Waals surface area contributed by atoms with E-state index in [1.54, 1.807) is 6.07 Å². The number of halogens is 1. The van der Waals surface area contributed by atoms with Gasteiger partial charge in [-0.1, -0.05) is 6.07 Å². The van der Waals surface area contributed by atoms with Gasteiger partial charge in [0.2, 0.25) is 5.88 Å². The average molecular weight is 342 g/mol. The zero-order valence-electron chi connectivity index (χ0n) is 8.54. The van der Waals surface area contributed by atoms with Crippen molar-refractivity contribution in [2.24, 2.45) is 0 Å². The Kier molecular flexibility index (Phi) is 3.52. The highest BCUT2D eigenvalue weighted by molar-refractivity contribution is 14.1. The van der Waals surface area contributed by atoms with E-state index in [9.17, 15) is 10.1 Å². The van der Waals surface area contributed by atoms with Gasteiger partial charge in [-0.2, -0.15) is 0 Å². The second kappa shape index (κ2) is 5.09. The summed E-state index contributed by atoms with van der Waals surface area (Å²) >= 11 is 2.17. The van der Waals surface area contributed by atoms with Crippen molar-refractivity contribution in [2.75, 3.05) is 0 Å². The van der Waals surface area contributed by atoms with Gasteiger partial charge in [-0.3, -0.25) is 10.1 Å². The first-order valence-electron chi connectivity index (χ1n) is 4.69. The van der Waals surface area contributed by atoms with Crippen LogP contribution in [0.5, 0.6) is 11.6 Å². The maximum absolute atomic E-state index is 10.4. The zero-order chi connectivity index (χ0) is 12.3. The van der Waals surface area contributed by atoms with Crippen LogP contribution >= 0.6 is 22.6 Å². The molecule has 17 heavy (non-hydrogen) atoms. The number of benzene rings is 1. The molecule has 86 valence electrons. The average Bonchev–Trinajstić information content (AvgIpc) is 2.29. The fraction of sp³-hybridized carbons (Fsp3) is 0. The van der Waals surface area contributed by atoms with Crippen LogP contribution in [0.15, 0.2) is 42.6 Å². The van der Waals surface area contributed by atoms with Crippen LogP contribution in [-0.2, 0) is 0 Å². The predicted octanol–water partition coefficient (Wildman–Crippen LogP) is 3.39. The van der Waals surface area contributed by atoms with Gasteiger partial charge in [0.25, 0.3) is 5.69 Å². The number of rotatable bonds is 3. The van der Waals surface area contributed by atoms with E-state index in [1.165, 1.54) is 18.3 Å². The summed E-state index contributed by atoms with van der Waals surface area (Å²) in [5.74, 6) is 0.982. The summed E-state index contributed by atoms with van der Waals surface area (Å²) in [4.78, 5) is 13.8. The summed E-state index contributed by atoms with van der Waals surface area (Å²) < 4.78 is 6.50. The van der Waals surface area contributed by atoms with Crippen molar-refractivity contribution in [3.05, 3.63) is 56.3 Å². The van der Waals surface area contributed by atoms with Gasteiger partial charge in [-0.05, 0) is 40.8 Å². The van der Waals surface area contributed by atoms with Crippen molar-refractivity contribution < 1.29 is 9.66 Å². The molecule has 0 aliphatic rings. The molecule has 1 aromatic heterocycles. The molecule has 0 radical (unpaired) electrons. The number of aromatic nitrogens is 1. The lowest BCUT2D eigenvalue weighted by Gasteiger charge is -2.04. The topological polar surface area (TPSA) is 65.3 Å². The molecule has 0 aliphatic carbocycles. The quantitative estimate of drug-likeness (QED) is 0.487. The van der Waals surface area contributed by atoms with Crippen molar-refractivity contribution in [3.8, 4) is 11.6 Å². The molecule has 0 amide bonds. The normalized spacial score (nSPS) is 9.94. The highest BCUT2D eigenvalue weighted by Crippen LogP contribution is 2.22. The smallest absolute Gasteiger partial charge is 0.287 e. The minimum absolute atomic E-state index is 0.0556. The molecular formula is C11H7IN2O3. The number of hydrogen-bond acceptors (Lipinski definition) is 4. The Hall–Kier alpha value is -1.70. The second-order valence-electron chi connectivity index (χ2n) is 3.17. The van der Waals surface area contributed by atoms with Crippen LogP contribution in [0, 0.1) is 13.7 Å². The highest BCUT2D eigenvalue weighted by Gasteiger charge is 2.06. The fourth-order valence-electron chi connectivity index (χ4n) is 1.19. The lowest BCUT2D eigenvalue weighted by molar-refractivity contribution is -0.385. The molecule has 0 bridgehead atoms. The molecule has 0 N–H and O–H groups in total. The van der Waals surface area contributed by atoms with Gasteiger partial charge in [0, 0.05) is 15.7 Å². The van der Waals surface area contributed by atoms with Gasteiger partial charge in [-0.15, -0.1) is 0 Å². The van der Waals surface area contributed by atoms with Crippen LogP contribution in [0.2, 0.25) is 0 Å². The summed E-state index contributed by atoms with van der Waals surface area (Å²) in [5, 5.41) is 10.4. The van der Waals surface area contributed by atoms with E-state index in [2.05, 4.69) is 27.6 Å². The molecule has 0 saturated heterocycles. The number of nitro groups is 1. The van der Waals surface area contributed by atoms with Crippen LogP contribution in [0.4, 0.5) is 5.69 Å². The number of hydrogen-bond donors (Lipinski definition) is 0. The number of nitrogens with zero attached hydrogens (tertiary/aromatic N) is 2. The Morgan fingerprint density at radius 3 is 2.71 bits per heavy atom. The Morgan fingerprint density at radius 1 is 1.29 bits per heavy atom. The fourth-order valence-corrected chi connectivity index (χ4v) is 1.71. The highest BCUT2D eigenvalue weighted by atomic mass is 127. The van der Waals surface area contributed by atoms with Gasteiger partial charge >= 0.3 is 0 Å². The molecule has 0 unspecified atom stereocenters. The van der Waals surface area contributed by atoms with E-state index < -0.39 is 4.92 Å². The van der Waals surface area contributed by atoms with Crippen LogP contribution in [0.3, 0.4) is 0 Å². The standard InChI is InChI=1S/C11H7IN2O3/c12-8-2-1-3-10(6-8)17-11-5-4-9(7-13-11)14(15)16/h1-7H. The monoisotopic (exact) mass is 342 g/mol. The van der Waals surface area contributed by atoms with Crippen LogP contribution < -0.4 is 4.74 Å². The van der Waals surface area contributed by atoms with Gasteiger partial charge in [0.15, 0.2) is 0 Å². The van der Waals surface area contributed by atoms with Crippen molar-refractivity contribution in [3.63, 3.8) is 0 Å². The summed E-state index contributed by atoms with van der Waals surface area (Å²) in [7, 11) is 0. The third-order valence-electron chi connectivity index (χ3n) is 1.95. The van der Waals surface area contributed by atoms with Gasteiger partial charge in [0.05, 0.1) is 4.92 Å². The third kappa shape index (κ3) is 3.13. The first-order valence-corrected chi connectivity index (χ1v) is 5.77. The van der Waals surface area contributed by atoms with Crippen LogP contribution in [0.1, 0.15) is 0 Å². The Balaban J connectivity index is 2.16. The minimum Gasteiger partial charge on any atom is -0.439 e. The molecule has 1 aromatic carbocycles. The Bertz CT molecular complexity index is 543. The number of ether oxygens (including phenoxy) is 1. The molecule has 0 spiro atoms. The number of pyridine rings is 1. The van der Waals surface area contributed by atoms with E-state index in [1.807, 2.05) is 18.2 Å². The summed E-state index contributed by atoms with van der Waals surface area (Å²) in [5.41, 5.74) is -0.0556. The summed E-state index contributed by atoms with van der Waals surface area (Å²) in [6, 6.07) is 10.3. The Morgan fingerprint density at radius 2 is 2.12 bits per heavy atom. The van der Waals surface area contributed by atoms with E-state index in [0.29, 0.717) is 11.6 Å². The molecule has 0 saturated carbocycles. The second-order valence-corrected chi connectivity index (χ2v) is 4.42. The molecular weight excluding hydrogens is 335 g/mol. The van der Waals surface area contributed by atoms with Crippen molar-refractivity contribution in [1.82, 2.24) is 4.98 Å². The third-order valence-corrected chi connectivity index (χ3v) is 2.62. The maximum Gasteiger partial charge on any atom is 0.287 e. The van der Waals surface area contributed by atoms with Crippen LogP contribution in [-0.4, -0.2) is 9.91 Å².